The number of carbonyl (C=O) groups is 1. The minimum Gasteiger partial charge on any atom is -0.550 e. The molecule has 0 radical (unpaired) electrons. The van der Waals surface area contributed by atoms with Gasteiger partial charge in [0.25, 0.3) is 0 Å². The number of unbranched alkanes of at least 4 members (excludes halogenated alkanes) is 11. The number of carbonyl (C=O) groups excluding carboxylic acids is 1. The smallest absolute Gasteiger partial charge is 0.550 e. The van der Waals surface area contributed by atoms with Gasteiger partial charge in [0, 0.05) is 18.4 Å². The summed E-state index contributed by atoms with van der Waals surface area (Å²) in [6.07, 6.45) is 19.0. The number of aliphatic carboxylic acids is 1. The summed E-state index contributed by atoms with van der Waals surface area (Å²) in [5.74, 6) is -0.887. The molecule has 0 spiro atoms. The quantitative estimate of drug-likeness (QED) is 0.230. The second kappa shape index (κ2) is 23.3. The van der Waals surface area contributed by atoms with Gasteiger partial charge in [0.1, 0.15) is 0 Å². The molecule has 0 heterocycles. The predicted molar refractivity (Wildman–Crippen MR) is 111 cm³/mol. The SMILES string of the molecule is CCCCCCCCN(CCCCCCCC)C(CCCC)CC(=O)[O-].[K+]. The Kier molecular flexibility index (Phi) is 26.2. The fourth-order valence-electron chi connectivity index (χ4n) is 3.71. The minimum atomic E-state index is -0.887. The summed E-state index contributed by atoms with van der Waals surface area (Å²) in [5.41, 5.74) is 0. The van der Waals surface area contributed by atoms with Crippen molar-refractivity contribution >= 4 is 5.97 Å². The van der Waals surface area contributed by atoms with E-state index in [1.165, 1.54) is 77.0 Å². The van der Waals surface area contributed by atoms with Crippen LogP contribution in [0.2, 0.25) is 0 Å². The minimum absolute atomic E-state index is 0. The van der Waals surface area contributed by atoms with Gasteiger partial charge in [0.05, 0.1) is 0 Å². The van der Waals surface area contributed by atoms with Crippen LogP contribution in [0.15, 0.2) is 0 Å². The Hall–Kier alpha value is 1.07. The van der Waals surface area contributed by atoms with E-state index in [4.69, 9.17) is 0 Å². The Labute approximate surface area is 212 Å². The van der Waals surface area contributed by atoms with Crippen molar-refractivity contribution in [1.29, 1.82) is 0 Å². The van der Waals surface area contributed by atoms with Crippen LogP contribution in [0, 0.1) is 0 Å². The van der Waals surface area contributed by atoms with Crippen LogP contribution in [-0.2, 0) is 4.79 Å². The second-order valence-corrected chi connectivity index (χ2v) is 7.94. The zero-order chi connectivity index (χ0) is 19.5. The molecular formula is C23H46KNO2. The fraction of sp³-hybridized carbons (Fsp3) is 0.957. The van der Waals surface area contributed by atoms with Crippen LogP contribution in [0.3, 0.4) is 0 Å². The van der Waals surface area contributed by atoms with E-state index in [9.17, 15) is 9.90 Å². The standard InChI is InChI=1S/C23H47NO2.K/c1-4-7-10-12-14-16-19-24(20-17-15-13-11-8-5-2)22(18-9-6-3)21-23(25)26;/h22H,4-21H2,1-3H3,(H,25,26);/q;+1/p-1. The zero-order valence-corrected chi connectivity index (χ0v) is 22.2. The van der Waals surface area contributed by atoms with Gasteiger partial charge in [0.2, 0.25) is 0 Å². The van der Waals surface area contributed by atoms with E-state index in [-0.39, 0.29) is 63.8 Å². The van der Waals surface area contributed by atoms with Gasteiger partial charge in [-0.1, -0.05) is 97.8 Å². The number of nitrogens with zero attached hydrogens (tertiary/aromatic N) is 1. The number of hydrogen-bond acceptors (Lipinski definition) is 3. The van der Waals surface area contributed by atoms with Gasteiger partial charge >= 0.3 is 51.4 Å². The van der Waals surface area contributed by atoms with Crippen molar-refractivity contribution in [3.63, 3.8) is 0 Å². The van der Waals surface area contributed by atoms with E-state index < -0.39 is 5.97 Å². The van der Waals surface area contributed by atoms with E-state index in [1.54, 1.807) is 0 Å². The summed E-state index contributed by atoms with van der Waals surface area (Å²) in [5, 5.41) is 11.2. The molecule has 0 aliphatic carbocycles. The molecule has 0 amide bonds. The summed E-state index contributed by atoms with van der Waals surface area (Å²) in [6, 6.07) is 0.172. The van der Waals surface area contributed by atoms with E-state index in [0.29, 0.717) is 0 Å². The molecule has 0 aliphatic heterocycles. The molecule has 0 saturated heterocycles. The van der Waals surface area contributed by atoms with Crippen LogP contribution >= 0.6 is 0 Å². The first-order chi connectivity index (χ1) is 12.7. The van der Waals surface area contributed by atoms with Crippen molar-refractivity contribution in [3.05, 3.63) is 0 Å². The summed E-state index contributed by atoms with van der Waals surface area (Å²) in [7, 11) is 0. The first-order valence-electron chi connectivity index (χ1n) is 11.6. The predicted octanol–water partition coefficient (Wildman–Crippen LogP) is 2.71. The van der Waals surface area contributed by atoms with Crippen LogP contribution in [0.4, 0.5) is 0 Å². The Balaban J connectivity index is 0. The summed E-state index contributed by atoms with van der Waals surface area (Å²) < 4.78 is 0. The van der Waals surface area contributed by atoms with Gasteiger partial charge in [-0.25, -0.2) is 0 Å². The van der Waals surface area contributed by atoms with Crippen LogP contribution in [0.25, 0.3) is 0 Å². The first kappa shape index (κ1) is 30.3. The number of carboxylic acids is 1. The number of hydrogen-bond donors (Lipinski definition) is 0. The van der Waals surface area contributed by atoms with E-state index in [1.807, 2.05) is 0 Å². The van der Waals surface area contributed by atoms with Crippen LogP contribution in [-0.4, -0.2) is 30.0 Å². The van der Waals surface area contributed by atoms with Gasteiger partial charge in [-0.2, -0.15) is 0 Å². The molecule has 0 aliphatic rings. The number of carboxylic acid groups (broad SMARTS) is 1. The molecule has 1 atom stereocenters. The van der Waals surface area contributed by atoms with Gasteiger partial charge in [-0.3, -0.25) is 0 Å². The van der Waals surface area contributed by atoms with Crippen molar-refractivity contribution in [1.82, 2.24) is 4.90 Å². The average molecular weight is 408 g/mol. The zero-order valence-electron chi connectivity index (χ0n) is 19.1. The average Bonchev–Trinajstić information content (AvgIpc) is 2.62. The van der Waals surface area contributed by atoms with Crippen LogP contribution < -0.4 is 56.5 Å². The molecule has 156 valence electrons. The summed E-state index contributed by atoms with van der Waals surface area (Å²) in [6.45, 7) is 8.80. The molecule has 27 heavy (non-hydrogen) atoms. The molecule has 0 aromatic carbocycles. The number of rotatable bonds is 20. The van der Waals surface area contributed by atoms with Crippen molar-refractivity contribution in [2.45, 2.75) is 130 Å². The van der Waals surface area contributed by atoms with Gasteiger partial charge in [0.15, 0.2) is 0 Å². The van der Waals surface area contributed by atoms with E-state index >= 15 is 0 Å². The Bertz CT molecular complexity index is 297. The van der Waals surface area contributed by atoms with Crippen LogP contribution in [0.1, 0.15) is 124 Å². The maximum absolute atomic E-state index is 11.2. The topological polar surface area (TPSA) is 43.4 Å². The molecule has 0 aromatic heterocycles. The Morgan fingerprint density at radius 2 is 1.11 bits per heavy atom. The molecule has 0 bridgehead atoms. The molecule has 0 fully saturated rings. The van der Waals surface area contributed by atoms with Gasteiger partial charge < -0.3 is 14.8 Å². The van der Waals surface area contributed by atoms with Gasteiger partial charge in [-0.15, -0.1) is 0 Å². The third-order valence-electron chi connectivity index (χ3n) is 5.41. The molecular weight excluding hydrogens is 361 g/mol. The third-order valence-corrected chi connectivity index (χ3v) is 5.41. The van der Waals surface area contributed by atoms with Crippen molar-refractivity contribution in [2.24, 2.45) is 0 Å². The normalized spacial score (nSPS) is 12.1. The third kappa shape index (κ3) is 20.1. The molecule has 1 unspecified atom stereocenters. The maximum atomic E-state index is 11.2. The van der Waals surface area contributed by atoms with Crippen LogP contribution in [0.5, 0.6) is 0 Å². The van der Waals surface area contributed by atoms with Crippen molar-refractivity contribution < 1.29 is 61.3 Å². The van der Waals surface area contributed by atoms with Crippen molar-refractivity contribution in [2.75, 3.05) is 13.1 Å². The maximum Gasteiger partial charge on any atom is 1.00 e. The van der Waals surface area contributed by atoms with Crippen molar-refractivity contribution in [3.8, 4) is 0 Å². The molecule has 0 rings (SSSR count). The molecule has 0 aromatic rings. The molecule has 0 saturated carbocycles. The summed E-state index contributed by atoms with van der Waals surface area (Å²) >= 11 is 0. The molecule has 4 heteroatoms. The van der Waals surface area contributed by atoms with E-state index in [2.05, 4.69) is 25.7 Å². The molecule has 3 nitrogen and oxygen atoms in total. The van der Waals surface area contributed by atoms with Gasteiger partial charge in [-0.05, 0) is 32.4 Å². The Morgan fingerprint density at radius 1 is 0.704 bits per heavy atom. The summed E-state index contributed by atoms with van der Waals surface area (Å²) in [4.78, 5) is 13.7. The van der Waals surface area contributed by atoms with E-state index in [0.717, 1.165) is 32.4 Å². The molecule has 0 N–H and O–H groups in total. The Morgan fingerprint density at radius 3 is 1.52 bits per heavy atom. The monoisotopic (exact) mass is 407 g/mol. The fourth-order valence-corrected chi connectivity index (χ4v) is 3.71. The second-order valence-electron chi connectivity index (χ2n) is 7.94. The largest absolute Gasteiger partial charge is 1.00 e. The first-order valence-corrected chi connectivity index (χ1v) is 11.6.